The van der Waals surface area contributed by atoms with E-state index in [1.807, 2.05) is 6.92 Å². The first-order chi connectivity index (χ1) is 15.8. The topological polar surface area (TPSA) is 163 Å². The molecule has 0 bridgehead atoms. The molecule has 2 amide bonds. The van der Waals surface area contributed by atoms with Gasteiger partial charge in [0, 0.05) is 13.1 Å². The molecule has 1 heterocycles. The van der Waals surface area contributed by atoms with Crippen LogP contribution in [0, 0.1) is 0 Å². The predicted molar refractivity (Wildman–Crippen MR) is 120 cm³/mol. The number of urea groups is 1. The van der Waals surface area contributed by atoms with Crippen LogP contribution in [0.2, 0.25) is 0 Å². The van der Waals surface area contributed by atoms with Gasteiger partial charge in [0.1, 0.15) is 11.5 Å². The van der Waals surface area contributed by atoms with E-state index < -0.39 is 12.0 Å². The number of carbonyl (C=O) groups excluding carboxylic acids is 3. The zero-order chi connectivity index (χ0) is 24.6. The second-order valence-corrected chi connectivity index (χ2v) is 6.62. The van der Waals surface area contributed by atoms with Gasteiger partial charge < -0.3 is 30.7 Å². The third-order valence-electron chi connectivity index (χ3n) is 3.96. The summed E-state index contributed by atoms with van der Waals surface area (Å²) in [6.07, 6.45) is 0.809. The van der Waals surface area contributed by atoms with Gasteiger partial charge >= 0.3 is 18.0 Å². The molecule has 0 aliphatic carbocycles. The van der Waals surface area contributed by atoms with Crippen LogP contribution < -0.4 is 16.5 Å². The van der Waals surface area contributed by atoms with Crippen molar-refractivity contribution < 1.29 is 34.1 Å². The van der Waals surface area contributed by atoms with Gasteiger partial charge in [0.25, 0.3) is 0 Å². The lowest BCUT2D eigenvalue weighted by Gasteiger charge is -2.12. The minimum atomic E-state index is -0.501. The lowest BCUT2D eigenvalue weighted by atomic mass is 10.2. The lowest BCUT2D eigenvalue weighted by molar-refractivity contribution is 0.0504. The van der Waals surface area contributed by atoms with Gasteiger partial charge in [0.2, 0.25) is 0 Å². The molecule has 11 nitrogen and oxygen atoms in total. The molecule has 33 heavy (non-hydrogen) atoms. The molecular weight excluding hydrogens is 432 g/mol. The Balaban J connectivity index is 0.000000252. The van der Waals surface area contributed by atoms with E-state index in [2.05, 4.69) is 15.5 Å². The second kappa shape index (κ2) is 15.1. The number of amides is 2. The summed E-state index contributed by atoms with van der Waals surface area (Å²) in [6.45, 7) is 4.77. The van der Waals surface area contributed by atoms with E-state index in [0.29, 0.717) is 24.4 Å². The number of nitrogens with one attached hydrogen (secondary N) is 2. The summed E-state index contributed by atoms with van der Waals surface area (Å²) in [5.74, 6) is -0.462. The van der Waals surface area contributed by atoms with Gasteiger partial charge in [-0.2, -0.15) is 0 Å². The summed E-state index contributed by atoms with van der Waals surface area (Å²) in [5, 5.41) is 22.6. The first-order valence-electron chi connectivity index (χ1n) is 10.1. The number of nitrogens with two attached hydrogens (primary N) is 1. The molecule has 0 spiro atoms. The molecule has 1 fully saturated rings. The van der Waals surface area contributed by atoms with Crippen molar-refractivity contribution >= 4 is 18.0 Å². The highest BCUT2D eigenvalue weighted by molar-refractivity contribution is 5.89. The quantitative estimate of drug-likeness (QED) is 0.415. The number of methoxy groups -OCH3 is 1. The number of phenols is 2. The number of ether oxygens (including phenoxy) is 2. The van der Waals surface area contributed by atoms with E-state index >= 15 is 0 Å². The number of benzene rings is 2. The summed E-state index contributed by atoms with van der Waals surface area (Å²) in [6, 6.07) is 11.4. The Morgan fingerprint density at radius 2 is 1.52 bits per heavy atom. The number of nitrogens with zero attached hydrogens (tertiary/aromatic N) is 1. The third kappa shape index (κ3) is 11.4. The minimum Gasteiger partial charge on any atom is -0.508 e. The molecule has 3 rings (SSSR count). The van der Waals surface area contributed by atoms with Crippen molar-refractivity contribution in [3.63, 3.8) is 0 Å². The number of rotatable bonds is 5. The first kappa shape index (κ1) is 27.2. The molecular formula is C22H30N4O7. The van der Waals surface area contributed by atoms with Gasteiger partial charge in [-0.3, -0.25) is 5.43 Å². The normalized spacial score (nSPS) is 12.3. The van der Waals surface area contributed by atoms with Crippen LogP contribution >= 0.6 is 0 Å². The maximum absolute atomic E-state index is 11.2. The molecule has 2 aromatic rings. The number of carbonyl (C=O) groups is 3. The number of hydrogen-bond donors (Lipinski definition) is 5. The molecule has 1 aliphatic rings. The van der Waals surface area contributed by atoms with Crippen molar-refractivity contribution in [3.8, 4) is 11.5 Å². The highest BCUT2D eigenvalue weighted by Crippen LogP contribution is 2.11. The number of hydrazine groups is 1. The fourth-order valence-corrected chi connectivity index (χ4v) is 2.35. The zero-order valence-corrected chi connectivity index (χ0v) is 18.6. The van der Waals surface area contributed by atoms with Gasteiger partial charge in [-0.25, -0.2) is 19.4 Å². The van der Waals surface area contributed by atoms with Gasteiger partial charge in [-0.15, -0.1) is 0 Å². The highest BCUT2D eigenvalue weighted by Gasteiger charge is 2.10. The SMILES string of the molecule is CCCOC(=O)c1ccc(O)cc1.COC(=O)c1ccc(O)cc1.NC(=O)NN1CCNC1. The van der Waals surface area contributed by atoms with E-state index in [1.54, 1.807) is 5.01 Å². The molecule has 1 aliphatic heterocycles. The number of primary amides is 1. The van der Waals surface area contributed by atoms with Gasteiger partial charge in [-0.05, 0) is 55.0 Å². The Kier molecular flexibility index (Phi) is 12.4. The first-order valence-corrected chi connectivity index (χ1v) is 10.1. The summed E-state index contributed by atoms with van der Waals surface area (Å²) in [5.41, 5.74) is 8.20. The van der Waals surface area contributed by atoms with Gasteiger partial charge in [0.15, 0.2) is 0 Å². The van der Waals surface area contributed by atoms with Crippen LogP contribution in [0.4, 0.5) is 4.79 Å². The van der Waals surface area contributed by atoms with E-state index in [0.717, 1.165) is 19.5 Å². The Morgan fingerprint density at radius 1 is 1.00 bits per heavy atom. The maximum atomic E-state index is 11.2. The van der Waals surface area contributed by atoms with Crippen LogP contribution in [0.5, 0.6) is 11.5 Å². The molecule has 2 aromatic carbocycles. The Labute approximate surface area is 192 Å². The van der Waals surface area contributed by atoms with Crippen LogP contribution in [0.3, 0.4) is 0 Å². The highest BCUT2D eigenvalue weighted by atomic mass is 16.5. The molecule has 180 valence electrons. The molecule has 0 atom stereocenters. The van der Waals surface area contributed by atoms with Crippen molar-refractivity contribution in [1.29, 1.82) is 0 Å². The Bertz CT molecular complexity index is 867. The van der Waals surface area contributed by atoms with E-state index in [4.69, 9.17) is 20.7 Å². The average molecular weight is 463 g/mol. The van der Waals surface area contributed by atoms with E-state index in [9.17, 15) is 14.4 Å². The van der Waals surface area contributed by atoms with Crippen molar-refractivity contribution in [2.24, 2.45) is 5.73 Å². The molecule has 6 N–H and O–H groups in total. The summed E-state index contributed by atoms with van der Waals surface area (Å²) < 4.78 is 9.35. The zero-order valence-electron chi connectivity index (χ0n) is 18.6. The summed E-state index contributed by atoms with van der Waals surface area (Å²) in [4.78, 5) is 32.2. The summed E-state index contributed by atoms with van der Waals surface area (Å²) >= 11 is 0. The molecule has 0 unspecified atom stereocenters. The fourth-order valence-electron chi connectivity index (χ4n) is 2.35. The predicted octanol–water partition coefficient (Wildman–Crippen LogP) is 1.57. The molecule has 0 saturated carbocycles. The Morgan fingerprint density at radius 3 is 1.91 bits per heavy atom. The van der Waals surface area contributed by atoms with Crippen LogP contribution in [0.1, 0.15) is 34.1 Å². The smallest absolute Gasteiger partial charge is 0.338 e. The third-order valence-corrected chi connectivity index (χ3v) is 3.96. The van der Waals surface area contributed by atoms with Crippen LogP contribution in [-0.4, -0.2) is 66.7 Å². The standard InChI is InChI=1S/C10H12O3.C8H8O3.C4H10N4O/c1-2-7-13-10(12)8-3-5-9(11)6-4-8;1-11-8(10)6-2-4-7(9)5-3-6;5-4(9)7-8-2-1-6-3-8/h3-6,11H,2,7H2,1H3;2-5,9H,1H3;6H,1-3H2,(H3,5,7,9). The van der Waals surface area contributed by atoms with E-state index in [-0.39, 0.29) is 17.5 Å². The summed E-state index contributed by atoms with van der Waals surface area (Å²) in [7, 11) is 1.31. The maximum Gasteiger partial charge on any atom is 0.338 e. The Hall–Kier alpha value is -3.83. The number of esters is 2. The van der Waals surface area contributed by atoms with Crippen LogP contribution in [-0.2, 0) is 9.47 Å². The van der Waals surface area contributed by atoms with Crippen molar-refractivity contribution in [2.45, 2.75) is 13.3 Å². The average Bonchev–Trinajstić information content (AvgIpc) is 3.31. The van der Waals surface area contributed by atoms with Crippen LogP contribution in [0.15, 0.2) is 48.5 Å². The lowest BCUT2D eigenvalue weighted by Crippen LogP contribution is -2.44. The number of aromatic hydroxyl groups is 2. The largest absolute Gasteiger partial charge is 0.508 e. The molecule has 11 heteroatoms. The van der Waals surface area contributed by atoms with Crippen molar-refractivity contribution in [1.82, 2.24) is 15.8 Å². The van der Waals surface area contributed by atoms with Crippen molar-refractivity contribution in [3.05, 3.63) is 59.7 Å². The minimum absolute atomic E-state index is 0.137. The fraction of sp³-hybridized carbons (Fsp3) is 0.318. The monoisotopic (exact) mass is 462 g/mol. The van der Waals surface area contributed by atoms with Gasteiger partial charge in [0.05, 0.1) is 31.5 Å². The van der Waals surface area contributed by atoms with Gasteiger partial charge in [-0.1, -0.05) is 6.92 Å². The molecule has 0 aromatic heterocycles. The van der Waals surface area contributed by atoms with Crippen molar-refractivity contribution in [2.75, 3.05) is 33.5 Å². The van der Waals surface area contributed by atoms with E-state index in [1.165, 1.54) is 55.6 Å². The molecule has 0 radical (unpaired) electrons. The second-order valence-electron chi connectivity index (χ2n) is 6.62. The molecule has 1 saturated heterocycles. The number of phenolic OH excluding ortho intramolecular Hbond substituents is 2. The number of hydrogen-bond acceptors (Lipinski definition) is 9. The van der Waals surface area contributed by atoms with Crippen LogP contribution in [0.25, 0.3) is 0 Å².